The quantitative estimate of drug-likeness (QED) is 0.705. The molecule has 3 rings (SSSR count). The monoisotopic (exact) mass is 391 g/mol. The highest BCUT2D eigenvalue weighted by molar-refractivity contribution is 5.84. The van der Waals surface area contributed by atoms with Gasteiger partial charge in [-0.15, -0.1) is 0 Å². The Bertz CT molecular complexity index is 850. The van der Waals surface area contributed by atoms with E-state index in [1.807, 2.05) is 0 Å². The summed E-state index contributed by atoms with van der Waals surface area (Å²) in [6.07, 6.45) is 0.125. The highest BCUT2D eigenvalue weighted by Gasteiger charge is 2.59. The van der Waals surface area contributed by atoms with Crippen molar-refractivity contribution in [1.29, 1.82) is 0 Å². The van der Waals surface area contributed by atoms with Gasteiger partial charge in [-0.05, 0) is 13.0 Å². The second-order valence-electron chi connectivity index (χ2n) is 7.55. The molecule has 0 aliphatic carbocycles. The molecule has 2 fully saturated rings. The predicted octanol–water partition coefficient (Wildman–Crippen LogP) is -0.435. The number of aryl methyl sites for hydroxylation is 1. The van der Waals surface area contributed by atoms with Crippen LogP contribution in [0.1, 0.15) is 12.1 Å². The number of pyridine rings is 1. The zero-order chi connectivity index (χ0) is 20.5. The average Bonchev–Trinajstić information content (AvgIpc) is 3.17. The summed E-state index contributed by atoms with van der Waals surface area (Å²) in [5.41, 5.74) is -0.535. The van der Waals surface area contributed by atoms with E-state index in [-0.39, 0.29) is 56.0 Å². The second kappa shape index (κ2) is 7.75. The van der Waals surface area contributed by atoms with Crippen molar-refractivity contribution in [3.05, 3.63) is 34.2 Å². The van der Waals surface area contributed by atoms with Gasteiger partial charge in [-0.25, -0.2) is 0 Å². The summed E-state index contributed by atoms with van der Waals surface area (Å²) in [6, 6.07) is 4.92. The molecule has 152 valence electrons. The smallest absolute Gasteiger partial charge is 0.313 e. The van der Waals surface area contributed by atoms with E-state index in [0.29, 0.717) is 13.1 Å². The number of rotatable bonds is 6. The van der Waals surface area contributed by atoms with Crippen molar-refractivity contribution >= 4 is 17.8 Å². The van der Waals surface area contributed by atoms with Crippen LogP contribution in [0.4, 0.5) is 0 Å². The average molecular weight is 391 g/mol. The Morgan fingerprint density at radius 3 is 2.36 bits per heavy atom. The third-order valence-corrected chi connectivity index (χ3v) is 5.83. The Balaban J connectivity index is 1.67. The Hall–Kier alpha value is -2.68. The fourth-order valence-corrected chi connectivity index (χ4v) is 4.24. The van der Waals surface area contributed by atoms with Gasteiger partial charge in [0.2, 0.25) is 11.8 Å². The summed E-state index contributed by atoms with van der Waals surface area (Å²) in [5, 5.41) is 9.83. The molecule has 0 bridgehead atoms. The van der Waals surface area contributed by atoms with Crippen molar-refractivity contribution in [3.63, 3.8) is 0 Å². The van der Waals surface area contributed by atoms with E-state index in [1.165, 1.54) is 22.6 Å². The number of aromatic nitrogens is 1. The molecule has 0 radical (unpaired) electrons. The fourth-order valence-electron chi connectivity index (χ4n) is 4.24. The second-order valence-corrected chi connectivity index (χ2v) is 7.55. The maximum Gasteiger partial charge on any atom is 0.313 e. The van der Waals surface area contributed by atoms with Crippen LogP contribution in [0.25, 0.3) is 0 Å². The van der Waals surface area contributed by atoms with Crippen LogP contribution in [0.3, 0.4) is 0 Å². The number of carboxylic acids is 1. The molecule has 0 saturated carbocycles. The van der Waals surface area contributed by atoms with E-state index in [2.05, 4.69) is 0 Å². The number of fused-ring (bicyclic) bond motifs is 1. The molecule has 1 aromatic heterocycles. The van der Waals surface area contributed by atoms with Gasteiger partial charge >= 0.3 is 5.97 Å². The van der Waals surface area contributed by atoms with E-state index in [4.69, 9.17) is 4.74 Å². The van der Waals surface area contributed by atoms with Crippen molar-refractivity contribution in [1.82, 2.24) is 14.4 Å². The van der Waals surface area contributed by atoms with Gasteiger partial charge in [-0.2, -0.15) is 0 Å². The molecule has 2 saturated heterocycles. The Morgan fingerprint density at radius 1 is 1.18 bits per heavy atom. The number of likely N-dealkylation sites (tertiary alicyclic amines) is 2. The van der Waals surface area contributed by atoms with Crippen LogP contribution >= 0.6 is 0 Å². The molecule has 9 heteroatoms. The summed E-state index contributed by atoms with van der Waals surface area (Å²) in [7, 11) is 1.42. The standard InChI is InChI=1S/C19H25N3O6/c1-13-4-3-5-16(24)22(13)7-6-15(23)20-8-14-9-21(17(25)10-28-2)12-19(14,11-20)18(26)27/h3-5,14H,6-12H2,1-2H3,(H,26,27)/t14-,19-/m0/s1. The van der Waals surface area contributed by atoms with Gasteiger partial charge in [-0.3, -0.25) is 19.2 Å². The fraction of sp³-hybridized carbons (Fsp3) is 0.579. The molecule has 0 spiro atoms. The van der Waals surface area contributed by atoms with Crippen LogP contribution in [-0.4, -0.2) is 77.2 Å². The summed E-state index contributed by atoms with van der Waals surface area (Å²) in [6.45, 7) is 2.72. The number of hydrogen-bond donors (Lipinski definition) is 1. The lowest BCUT2D eigenvalue weighted by atomic mass is 9.81. The van der Waals surface area contributed by atoms with Gasteiger partial charge in [-0.1, -0.05) is 6.07 Å². The first kappa shape index (κ1) is 20.1. The summed E-state index contributed by atoms with van der Waals surface area (Å²) in [5.74, 6) is -1.72. The largest absolute Gasteiger partial charge is 0.481 e. The number of carbonyl (C=O) groups is 3. The minimum Gasteiger partial charge on any atom is -0.481 e. The minimum absolute atomic E-state index is 0.0747. The predicted molar refractivity (Wildman–Crippen MR) is 98.7 cm³/mol. The van der Waals surface area contributed by atoms with Crippen LogP contribution < -0.4 is 5.56 Å². The van der Waals surface area contributed by atoms with E-state index >= 15 is 0 Å². The lowest BCUT2D eigenvalue weighted by molar-refractivity contribution is -0.149. The van der Waals surface area contributed by atoms with E-state index in [9.17, 15) is 24.3 Å². The van der Waals surface area contributed by atoms with Crippen LogP contribution in [0, 0.1) is 18.3 Å². The van der Waals surface area contributed by atoms with Gasteiger partial charge in [0.15, 0.2) is 0 Å². The lowest BCUT2D eigenvalue weighted by Gasteiger charge is -2.25. The van der Waals surface area contributed by atoms with E-state index in [1.54, 1.807) is 24.0 Å². The van der Waals surface area contributed by atoms with Gasteiger partial charge in [0, 0.05) is 63.9 Å². The highest BCUT2D eigenvalue weighted by atomic mass is 16.5. The first-order valence-corrected chi connectivity index (χ1v) is 9.23. The minimum atomic E-state index is -1.14. The molecule has 2 aliphatic heterocycles. The first-order valence-electron chi connectivity index (χ1n) is 9.23. The Kier molecular flexibility index (Phi) is 5.55. The number of carbonyl (C=O) groups excluding carboxylic acids is 2. The SMILES string of the molecule is COCC(=O)N1C[C@@H]2CN(C(=O)CCn3c(C)cccc3=O)C[C@]2(C(=O)O)C1. The zero-order valence-corrected chi connectivity index (χ0v) is 16.1. The van der Waals surface area contributed by atoms with Crippen molar-refractivity contribution < 1.29 is 24.2 Å². The lowest BCUT2D eigenvalue weighted by Crippen LogP contribution is -2.43. The number of carboxylic acid groups (broad SMARTS) is 1. The molecule has 2 atom stereocenters. The molecule has 9 nitrogen and oxygen atoms in total. The van der Waals surface area contributed by atoms with E-state index < -0.39 is 11.4 Å². The Morgan fingerprint density at radius 2 is 1.82 bits per heavy atom. The summed E-state index contributed by atoms with van der Waals surface area (Å²) >= 11 is 0. The van der Waals surface area contributed by atoms with Crippen molar-refractivity contribution in [2.45, 2.75) is 19.9 Å². The molecule has 1 aromatic rings. The zero-order valence-electron chi connectivity index (χ0n) is 16.1. The maximum absolute atomic E-state index is 12.7. The highest BCUT2D eigenvalue weighted by Crippen LogP contribution is 2.43. The molecular weight excluding hydrogens is 366 g/mol. The number of nitrogens with zero attached hydrogens (tertiary/aromatic N) is 3. The number of methoxy groups -OCH3 is 1. The molecule has 0 unspecified atom stereocenters. The van der Waals surface area contributed by atoms with Crippen molar-refractivity contribution in [2.24, 2.45) is 11.3 Å². The molecule has 2 amide bonds. The van der Waals surface area contributed by atoms with Crippen molar-refractivity contribution in [2.75, 3.05) is 39.9 Å². The van der Waals surface area contributed by atoms with E-state index in [0.717, 1.165) is 5.69 Å². The van der Waals surface area contributed by atoms with Crippen LogP contribution in [0.15, 0.2) is 23.0 Å². The van der Waals surface area contributed by atoms with Crippen molar-refractivity contribution in [3.8, 4) is 0 Å². The first-order chi connectivity index (χ1) is 13.3. The van der Waals surface area contributed by atoms with Crippen LogP contribution in [0.5, 0.6) is 0 Å². The Labute approximate surface area is 162 Å². The molecule has 28 heavy (non-hydrogen) atoms. The number of amides is 2. The molecule has 0 aromatic carbocycles. The number of hydrogen-bond acceptors (Lipinski definition) is 5. The third-order valence-electron chi connectivity index (χ3n) is 5.83. The molecule has 2 aliphatic rings. The number of ether oxygens (including phenoxy) is 1. The molecule has 1 N–H and O–H groups in total. The normalized spacial score (nSPS) is 23.7. The van der Waals surface area contributed by atoms with Gasteiger partial charge < -0.3 is 24.2 Å². The molecular formula is C19H25N3O6. The maximum atomic E-state index is 12.7. The summed E-state index contributed by atoms with van der Waals surface area (Å²) < 4.78 is 6.39. The topological polar surface area (TPSA) is 109 Å². The molecule has 3 heterocycles. The van der Waals surface area contributed by atoms with Gasteiger partial charge in [0.25, 0.3) is 5.56 Å². The third kappa shape index (κ3) is 3.54. The van der Waals surface area contributed by atoms with Crippen LogP contribution in [0.2, 0.25) is 0 Å². The van der Waals surface area contributed by atoms with Gasteiger partial charge in [0.1, 0.15) is 12.0 Å². The number of aliphatic carboxylic acids is 1. The van der Waals surface area contributed by atoms with Gasteiger partial charge in [0.05, 0.1) is 0 Å². The summed E-state index contributed by atoms with van der Waals surface area (Å²) in [4.78, 5) is 51.8. The van der Waals surface area contributed by atoms with Crippen LogP contribution in [-0.2, 0) is 25.7 Å².